The number of nitrogens with zero attached hydrogens (tertiary/aromatic N) is 3. The fourth-order valence-electron chi connectivity index (χ4n) is 2.85. The Bertz CT molecular complexity index is 959. The summed E-state index contributed by atoms with van der Waals surface area (Å²) in [7, 11) is 0. The molecule has 132 valence electrons. The molecule has 2 heterocycles. The van der Waals surface area contributed by atoms with Crippen molar-refractivity contribution in [3.63, 3.8) is 0 Å². The topological polar surface area (TPSA) is 58.1 Å². The molecule has 0 radical (unpaired) electrons. The van der Waals surface area contributed by atoms with Gasteiger partial charge in [0.25, 0.3) is 5.91 Å². The molecular formula is C17H11F3N4OS. The van der Waals surface area contributed by atoms with Crippen molar-refractivity contribution >= 4 is 28.8 Å². The minimum Gasteiger partial charge on any atom is -0.359 e. The van der Waals surface area contributed by atoms with E-state index in [1.807, 2.05) is 0 Å². The minimum absolute atomic E-state index is 0.129. The molecule has 0 spiro atoms. The van der Waals surface area contributed by atoms with Crippen LogP contribution in [0.1, 0.15) is 27.8 Å². The Morgan fingerprint density at radius 2 is 1.92 bits per heavy atom. The molecule has 0 saturated carbocycles. The minimum atomic E-state index is -4.50. The van der Waals surface area contributed by atoms with Crippen molar-refractivity contribution in [2.24, 2.45) is 0 Å². The lowest BCUT2D eigenvalue weighted by atomic mass is 10.0. The average molecular weight is 376 g/mol. The van der Waals surface area contributed by atoms with E-state index in [1.54, 1.807) is 29.6 Å². The zero-order chi connectivity index (χ0) is 18.3. The molecule has 1 atom stereocenters. The standard InChI is InChI=1S/C17H11F3N4OS/c18-17(19,20)10-4-3-5-11(8-10)24-15(14-9-26-23-22-14)21-13-7-2-1-6-12(13)16(24)25/h1-9,15,21H/t15-/m0/s1. The number of anilines is 2. The van der Waals surface area contributed by atoms with Crippen LogP contribution in [0.3, 0.4) is 0 Å². The molecule has 4 rings (SSSR count). The molecule has 26 heavy (non-hydrogen) atoms. The predicted molar refractivity (Wildman–Crippen MR) is 91.0 cm³/mol. The van der Waals surface area contributed by atoms with Gasteiger partial charge in [-0.15, -0.1) is 5.10 Å². The van der Waals surface area contributed by atoms with Crippen LogP contribution in [-0.4, -0.2) is 15.5 Å². The van der Waals surface area contributed by atoms with Crippen molar-refractivity contribution in [3.05, 3.63) is 70.7 Å². The van der Waals surface area contributed by atoms with Crippen molar-refractivity contribution < 1.29 is 18.0 Å². The van der Waals surface area contributed by atoms with Crippen LogP contribution in [0.15, 0.2) is 53.9 Å². The van der Waals surface area contributed by atoms with Crippen LogP contribution >= 0.6 is 11.5 Å². The molecule has 0 unspecified atom stereocenters. The van der Waals surface area contributed by atoms with Crippen LogP contribution < -0.4 is 10.2 Å². The number of carbonyl (C=O) groups excluding carboxylic acids is 1. The third kappa shape index (κ3) is 2.80. The second-order valence-corrected chi connectivity index (χ2v) is 6.26. The van der Waals surface area contributed by atoms with Crippen LogP contribution in [0.25, 0.3) is 0 Å². The summed E-state index contributed by atoms with van der Waals surface area (Å²) in [4.78, 5) is 14.3. The number of amides is 1. The molecule has 0 fully saturated rings. The van der Waals surface area contributed by atoms with E-state index >= 15 is 0 Å². The van der Waals surface area contributed by atoms with E-state index in [0.717, 1.165) is 23.7 Å². The van der Waals surface area contributed by atoms with E-state index in [9.17, 15) is 18.0 Å². The zero-order valence-corrected chi connectivity index (χ0v) is 13.9. The molecule has 3 aromatic rings. The van der Waals surface area contributed by atoms with E-state index in [1.165, 1.54) is 17.0 Å². The van der Waals surface area contributed by atoms with E-state index in [2.05, 4.69) is 14.9 Å². The number of benzene rings is 2. The molecule has 1 aromatic heterocycles. The van der Waals surface area contributed by atoms with Gasteiger partial charge in [-0.05, 0) is 41.9 Å². The third-order valence-corrected chi connectivity index (χ3v) is 4.56. The normalized spacial score (nSPS) is 17.0. The van der Waals surface area contributed by atoms with Gasteiger partial charge in [0.1, 0.15) is 5.69 Å². The van der Waals surface area contributed by atoms with E-state index < -0.39 is 23.8 Å². The molecule has 1 amide bonds. The van der Waals surface area contributed by atoms with Crippen molar-refractivity contribution in [2.45, 2.75) is 12.3 Å². The maximum atomic E-state index is 13.1. The molecule has 0 aliphatic carbocycles. The summed E-state index contributed by atoms with van der Waals surface area (Å²) in [5, 5.41) is 8.80. The largest absolute Gasteiger partial charge is 0.416 e. The summed E-state index contributed by atoms with van der Waals surface area (Å²) in [5.74, 6) is -0.406. The molecule has 1 aliphatic rings. The smallest absolute Gasteiger partial charge is 0.359 e. The summed E-state index contributed by atoms with van der Waals surface area (Å²) in [5.41, 5.74) is 0.736. The van der Waals surface area contributed by atoms with Crippen molar-refractivity contribution in [3.8, 4) is 0 Å². The Morgan fingerprint density at radius 3 is 2.65 bits per heavy atom. The third-order valence-electron chi connectivity index (χ3n) is 4.04. The Kier molecular flexibility index (Phi) is 3.87. The van der Waals surface area contributed by atoms with Gasteiger partial charge in [-0.25, -0.2) is 0 Å². The van der Waals surface area contributed by atoms with Gasteiger partial charge in [0.15, 0.2) is 6.17 Å². The van der Waals surface area contributed by atoms with Gasteiger partial charge in [-0.3, -0.25) is 9.69 Å². The Hall–Kier alpha value is -2.94. The van der Waals surface area contributed by atoms with Gasteiger partial charge in [-0.2, -0.15) is 13.2 Å². The number of fused-ring (bicyclic) bond motifs is 1. The predicted octanol–water partition coefficient (Wildman–Crippen LogP) is 4.33. The van der Waals surface area contributed by atoms with Crippen LogP contribution in [-0.2, 0) is 6.18 Å². The summed E-state index contributed by atoms with van der Waals surface area (Å²) in [6, 6.07) is 11.5. The van der Waals surface area contributed by atoms with E-state index in [4.69, 9.17) is 0 Å². The first-order valence-corrected chi connectivity index (χ1v) is 8.42. The first kappa shape index (κ1) is 16.5. The molecule has 0 saturated heterocycles. The number of hydrogen-bond acceptors (Lipinski definition) is 5. The molecule has 1 N–H and O–H groups in total. The van der Waals surface area contributed by atoms with Crippen molar-refractivity contribution in [2.75, 3.05) is 10.2 Å². The number of rotatable bonds is 2. The highest BCUT2D eigenvalue weighted by Crippen LogP contribution is 2.38. The second kappa shape index (κ2) is 6.10. The maximum Gasteiger partial charge on any atom is 0.416 e. The van der Waals surface area contributed by atoms with Crippen LogP contribution in [0.5, 0.6) is 0 Å². The summed E-state index contributed by atoms with van der Waals surface area (Å²) >= 11 is 1.10. The van der Waals surface area contributed by atoms with Crippen LogP contribution in [0, 0.1) is 0 Å². The Balaban J connectivity index is 1.85. The van der Waals surface area contributed by atoms with Crippen molar-refractivity contribution in [1.82, 2.24) is 9.59 Å². The van der Waals surface area contributed by atoms with E-state index in [0.29, 0.717) is 16.9 Å². The summed E-state index contributed by atoms with van der Waals surface area (Å²) in [6.07, 6.45) is -5.25. The summed E-state index contributed by atoms with van der Waals surface area (Å²) in [6.45, 7) is 0. The summed E-state index contributed by atoms with van der Waals surface area (Å²) < 4.78 is 43.1. The van der Waals surface area contributed by atoms with Gasteiger partial charge in [0, 0.05) is 16.8 Å². The number of halogens is 3. The second-order valence-electron chi connectivity index (χ2n) is 5.65. The molecule has 2 aromatic carbocycles. The first-order valence-electron chi connectivity index (χ1n) is 7.58. The fourth-order valence-corrected chi connectivity index (χ4v) is 3.32. The highest BCUT2D eigenvalue weighted by Gasteiger charge is 2.37. The van der Waals surface area contributed by atoms with Gasteiger partial charge in [0.2, 0.25) is 0 Å². The maximum absolute atomic E-state index is 13.1. The van der Waals surface area contributed by atoms with E-state index in [-0.39, 0.29) is 5.69 Å². The Morgan fingerprint density at radius 1 is 1.12 bits per heavy atom. The lowest BCUT2D eigenvalue weighted by molar-refractivity contribution is -0.137. The zero-order valence-electron chi connectivity index (χ0n) is 13.1. The van der Waals surface area contributed by atoms with Crippen molar-refractivity contribution in [1.29, 1.82) is 0 Å². The molecular weight excluding hydrogens is 365 g/mol. The number of alkyl halides is 3. The number of para-hydroxylation sites is 1. The van der Waals surface area contributed by atoms with Crippen LogP contribution in [0.2, 0.25) is 0 Å². The molecule has 0 bridgehead atoms. The van der Waals surface area contributed by atoms with Gasteiger partial charge < -0.3 is 5.32 Å². The van der Waals surface area contributed by atoms with Crippen LogP contribution in [0.4, 0.5) is 24.5 Å². The lowest BCUT2D eigenvalue weighted by Gasteiger charge is -2.37. The number of carbonyl (C=O) groups is 1. The number of nitrogens with one attached hydrogen (secondary N) is 1. The van der Waals surface area contributed by atoms with Gasteiger partial charge in [-0.1, -0.05) is 22.7 Å². The number of aromatic nitrogens is 2. The molecule has 9 heteroatoms. The SMILES string of the molecule is O=C1c2ccccc2N[C@H](c2csnn2)N1c1cccc(C(F)(F)F)c1. The van der Waals surface area contributed by atoms with Gasteiger partial charge >= 0.3 is 6.18 Å². The average Bonchev–Trinajstić information content (AvgIpc) is 3.15. The monoisotopic (exact) mass is 376 g/mol. The quantitative estimate of drug-likeness (QED) is 0.723. The number of hydrogen-bond donors (Lipinski definition) is 1. The molecule has 1 aliphatic heterocycles. The Labute approximate surface area is 150 Å². The molecule has 5 nitrogen and oxygen atoms in total. The first-order chi connectivity index (χ1) is 12.4. The highest BCUT2D eigenvalue weighted by molar-refractivity contribution is 7.03. The van der Waals surface area contributed by atoms with Gasteiger partial charge in [0.05, 0.1) is 11.1 Å². The lowest BCUT2D eigenvalue weighted by Crippen LogP contribution is -2.43. The fraction of sp³-hybridized carbons (Fsp3) is 0.118. The highest BCUT2D eigenvalue weighted by atomic mass is 32.1.